The van der Waals surface area contributed by atoms with Crippen LogP contribution in [0.15, 0.2) is 42.5 Å². The first kappa shape index (κ1) is 16.0. The number of aliphatic hydroxyl groups excluding tert-OH is 1. The summed E-state index contributed by atoms with van der Waals surface area (Å²) in [5, 5.41) is 14.0. The summed E-state index contributed by atoms with van der Waals surface area (Å²) in [5.74, 6) is 0.583. The first-order valence-electron chi connectivity index (χ1n) is 6.61. The molecular weight excluding hydrogens is 309 g/mol. The van der Waals surface area contributed by atoms with Crippen molar-refractivity contribution >= 4 is 28.9 Å². The quantitative estimate of drug-likeness (QED) is 0.838. The van der Waals surface area contributed by atoms with Crippen molar-refractivity contribution < 1.29 is 9.84 Å². The second-order valence-electron chi connectivity index (χ2n) is 4.74. The molecule has 1 unspecified atom stereocenters. The van der Waals surface area contributed by atoms with Crippen molar-refractivity contribution in [3.63, 3.8) is 0 Å². The van der Waals surface area contributed by atoms with Gasteiger partial charge in [-0.1, -0.05) is 41.4 Å². The molecule has 1 atom stereocenters. The maximum atomic E-state index is 9.94. The van der Waals surface area contributed by atoms with Gasteiger partial charge in [0, 0.05) is 18.3 Å². The molecule has 112 valence electrons. The zero-order chi connectivity index (χ0) is 15.2. The van der Waals surface area contributed by atoms with E-state index in [1.807, 2.05) is 31.2 Å². The van der Waals surface area contributed by atoms with Crippen LogP contribution in [0, 0.1) is 6.92 Å². The molecule has 0 aromatic heterocycles. The lowest BCUT2D eigenvalue weighted by atomic mass is 10.2. The molecule has 0 spiro atoms. The zero-order valence-electron chi connectivity index (χ0n) is 11.6. The van der Waals surface area contributed by atoms with Crippen LogP contribution in [-0.2, 0) is 0 Å². The first-order valence-corrected chi connectivity index (χ1v) is 7.37. The fourth-order valence-electron chi connectivity index (χ4n) is 1.82. The molecular formula is C16H17Cl2NO2. The minimum atomic E-state index is -0.626. The molecule has 0 radical (unpaired) electrons. The van der Waals surface area contributed by atoms with Crippen molar-refractivity contribution in [3.8, 4) is 5.75 Å². The van der Waals surface area contributed by atoms with Gasteiger partial charge in [0.2, 0.25) is 0 Å². The predicted molar refractivity (Wildman–Crippen MR) is 87.6 cm³/mol. The molecule has 0 amide bonds. The van der Waals surface area contributed by atoms with Gasteiger partial charge < -0.3 is 15.2 Å². The summed E-state index contributed by atoms with van der Waals surface area (Å²) in [6.45, 7) is 2.60. The van der Waals surface area contributed by atoms with E-state index < -0.39 is 6.10 Å². The van der Waals surface area contributed by atoms with E-state index in [9.17, 15) is 5.11 Å². The number of hydrogen-bond acceptors (Lipinski definition) is 3. The van der Waals surface area contributed by atoms with Crippen molar-refractivity contribution in [1.29, 1.82) is 0 Å². The molecule has 0 fully saturated rings. The van der Waals surface area contributed by atoms with Gasteiger partial charge in [-0.15, -0.1) is 0 Å². The van der Waals surface area contributed by atoms with Crippen LogP contribution in [0.2, 0.25) is 10.0 Å². The average Bonchev–Trinajstić information content (AvgIpc) is 2.47. The van der Waals surface area contributed by atoms with E-state index in [2.05, 4.69) is 5.32 Å². The third-order valence-electron chi connectivity index (χ3n) is 3.01. The highest BCUT2D eigenvalue weighted by atomic mass is 35.5. The van der Waals surface area contributed by atoms with Crippen LogP contribution >= 0.6 is 23.2 Å². The standard InChI is InChI=1S/C16H17Cl2NO2/c1-11-4-2-3-5-16(11)19-9-12(20)10-21-13-6-7-14(17)15(18)8-13/h2-8,12,19-20H,9-10H2,1H3. The number of ether oxygens (including phenoxy) is 1. The van der Waals surface area contributed by atoms with E-state index >= 15 is 0 Å². The van der Waals surface area contributed by atoms with Gasteiger partial charge in [0.15, 0.2) is 0 Å². The number of rotatable bonds is 6. The topological polar surface area (TPSA) is 41.5 Å². The number of hydrogen-bond donors (Lipinski definition) is 2. The lowest BCUT2D eigenvalue weighted by Crippen LogP contribution is -2.26. The second kappa shape index (κ2) is 7.55. The molecule has 3 nitrogen and oxygen atoms in total. The van der Waals surface area contributed by atoms with Crippen LogP contribution in [0.3, 0.4) is 0 Å². The highest BCUT2D eigenvalue weighted by Crippen LogP contribution is 2.26. The van der Waals surface area contributed by atoms with Crippen molar-refractivity contribution in [1.82, 2.24) is 0 Å². The predicted octanol–water partition coefficient (Wildman–Crippen LogP) is 4.15. The molecule has 0 bridgehead atoms. The molecule has 2 rings (SSSR count). The molecule has 2 aromatic rings. The Balaban J connectivity index is 1.81. The second-order valence-corrected chi connectivity index (χ2v) is 5.55. The molecule has 2 N–H and O–H groups in total. The molecule has 0 aliphatic carbocycles. The molecule has 2 aromatic carbocycles. The SMILES string of the molecule is Cc1ccccc1NCC(O)COc1ccc(Cl)c(Cl)c1. The van der Waals surface area contributed by atoms with Crippen LogP contribution < -0.4 is 10.1 Å². The summed E-state index contributed by atoms with van der Waals surface area (Å²) in [5.41, 5.74) is 2.14. The highest BCUT2D eigenvalue weighted by Gasteiger charge is 2.07. The monoisotopic (exact) mass is 325 g/mol. The maximum absolute atomic E-state index is 9.94. The summed E-state index contributed by atoms with van der Waals surface area (Å²) < 4.78 is 5.49. The summed E-state index contributed by atoms with van der Waals surface area (Å²) in [7, 11) is 0. The van der Waals surface area contributed by atoms with E-state index in [4.69, 9.17) is 27.9 Å². The molecule has 0 aliphatic rings. The molecule has 0 saturated carbocycles. The molecule has 5 heteroatoms. The molecule has 0 aliphatic heterocycles. The van der Waals surface area contributed by atoms with Crippen LogP contribution in [0.25, 0.3) is 0 Å². The van der Waals surface area contributed by atoms with E-state index in [1.54, 1.807) is 18.2 Å². The largest absolute Gasteiger partial charge is 0.491 e. The Labute approximate surface area is 134 Å². The van der Waals surface area contributed by atoms with Crippen molar-refractivity contribution in [2.24, 2.45) is 0 Å². The minimum absolute atomic E-state index is 0.177. The van der Waals surface area contributed by atoms with E-state index in [-0.39, 0.29) is 6.61 Å². The lowest BCUT2D eigenvalue weighted by molar-refractivity contribution is 0.117. The third kappa shape index (κ3) is 4.81. The fourth-order valence-corrected chi connectivity index (χ4v) is 2.11. The van der Waals surface area contributed by atoms with E-state index in [0.717, 1.165) is 11.3 Å². The summed E-state index contributed by atoms with van der Waals surface area (Å²) in [6.07, 6.45) is -0.626. The smallest absolute Gasteiger partial charge is 0.121 e. The van der Waals surface area contributed by atoms with Gasteiger partial charge in [-0.05, 0) is 30.7 Å². The van der Waals surface area contributed by atoms with Crippen molar-refractivity contribution in [2.45, 2.75) is 13.0 Å². The summed E-state index contributed by atoms with van der Waals surface area (Å²) in [6, 6.07) is 12.9. The Morgan fingerprint density at radius 1 is 1.14 bits per heavy atom. The van der Waals surface area contributed by atoms with Crippen LogP contribution in [-0.4, -0.2) is 24.4 Å². The van der Waals surface area contributed by atoms with Crippen molar-refractivity contribution in [3.05, 3.63) is 58.1 Å². The summed E-state index contributed by atoms with van der Waals surface area (Å²) >= 11 is 11.7. The molecule has 0 heterocycles. The normalized spacial score (nSPS) is 12.0. The highest BCUT2D eigenvalue weighted by molar-refractivity contribution is 6.42. The van der Waals surface area contributed by atoms with Gasteiger partial charge in [0.05, 0.1) is 10.0 Å². The third-order valence-corrected chi connectivity index (χ3v) is 3.75. The van der Waals surface area contributed by atoms with Gasteiger partial charge >= 0.3 is 0 Å². The van der Waals surface area contributed by atoms with Crippen LogP contribution in [0.5, 0.6) is 5.75 Å². The Kier molecular flexibility index (Phi) is 5.74. The van der Waals surface area contributed by atoms with Crippen LogP contribution in [0.1, 0.15) is 5.56 Å². The Hall–Kier alpha value is -1.42. The molecule has 21 heavy (non-hydrogen) atoms. The van der Waals surface area contributed by atoms with Gasteiger partial charge in [0.1, 0.15) is 18.5 Å². The fraction of sp³-hybridized carbons (Fsp3) is 0.250. The average molecular weight is 326 g/mol. The van der Waals surface area contributed by atoms with Crippen molar-refractivity contribution in [2.75, 3.05) is 18.5 Å². The number of aliphatic hydroxyl groups is 1. The number of halogens is 2. The number of aryl methyl sites for hydroxylation is 1. The van der Waals surface area contributed by atoms with Gasteiger partial charge in [0.25, 0.3) is 0 Å². The Morgan fingerprint density at radius 2 is 1.90 bits per heavy atom. The number of benzene rings is 2. The van der Waals surface area contributed by atoms with Crippen LogP contribution in [0.4, 0.5) is 5.69 Å². The maximum Gasteiger partial charge on any atom is 0.121 e. The Bertz CT molecular complexity index is 605. The number of anilines is 1. The van der Waals surface area contributed by atoms with E-state index in [1.165, 1.54) is 0 Å². The summed E-state index contributed by atoms with van der Waals surface area (Å²) in [4.78, 5) is 0. The van der Waals surface area contributed by atoms with Gasteiger partial charge in [-0.25, -0.2) is 0 Å². The number of nitrogens with one attached hydrogen (secondary N) is 1. The van der Waals surface area contributed by atoms with E-state index in [0.29, 0.717) is 22.3 Å². The zero-order valence-corrected chi connectivity index (χ0v) is 13.2. The molecule has 0 saturated heterocycles. The number of para-hydroxylation sites is 1. The first-order chi connectivity index (χ1) is 10.1. The lowest BCUT2D eigenvalue weighted by Gasteiger charge is -2.15. The van der Waals surface area contributed by atoms with Gasteiger partial charge in [-0.2, -0.15) is 0 Å². The van der Waals surface area contributed by atoms with Gasteiger partial charge in [-0.3, -0.25) is 0 Å². The Morgan fingerprint density at radius 3 is 2.62 bits per heavy atom. The minimum Gasteiger partial charge on any atom is -0.491 e.